The van der Waals surface area contributed by atoms with Crippen LogP contribution in [0.25, 0.3) is 0 Å². The van der Waals surface area contributed by atoms with Gasteiger partial charge in [0.25, 0.3) is 0 Å². The van der Waals surface area contributed by atoms with E-state index in [2.05, 4.69) is 22.2 Å². The molecule has 2 saturated heterocycles. The third-order valence-corrected chi connectivity index (χ3v) is 5.91. The average molecular weight is 323 g/mol. The van der Waals surface area contributed by atoms with E-state index < -0.39 is 0 Å². The maximum absolute atomic E-state index is 13.0. The molecule has 1 unspecified atom stereocenters. The zero-order valence-electron chi connectivity index (χ0n) is 14.7. The molecule has 3 fully saturated rings. The molecule has 1 atom stereocenters. The summed E-state index contributed by atoms with van der Waals surface area (Å²) in [6.07, 6.45) is 9.44. The Morgan fingerprint density at radius 3 is 2.57 bits per heavy atom. The van der Waals surface area contributed by atoms with Gasteiger partial charge in [0.1, 0.15) is 5.54 Å². The molecule has 0 aromatic carbocycles. The number of nitrogens with one attached hydrogen (secondary N) is 1. The molecule has 5 nitrogen and oxygen atoms in total. The molecule has 5 heteroatoms. The first-order valence-electron chi connectivity index (χ1n) is 9.54. The Balaban J connectivity index is 1.51. The molecule has 1 saturated carbocycles. The Hall–Kier alpha value is -0.650. The van der Waals surface area contributed by atoms with Gasteiger partial charge in [0.15, 0.2) is 0 Å². The predicted octanol–water partition coefficient (Wildman–Crippen LogP) is 1.62. The van der Waals surface area contributed by atoms with Crippen LogP contribution in [0.2, 0.25) is 0 Å². The van der Waals surface area contributed by atoms with Crippen LogP contribution in [0.5, 0.6) is 0 Å². The minimum Gasteiger partial charge on any atom is -0.375 e. The molecule has 1 N–H and O–H groups in total. The van der Waals surface area contributed by atoms with Gasteiger partial charge in [0.05, 0.1) is 12.7 Å². The van der Waals surface area contributed by atoms with Crippen molar-refractivity contribution in [2.45, 2.75) is 63.0 Å². The number of likely N-dealkylation sites (N-methyl/N-ethyl adjacent to an activating group) is 1. The van der Waals surface area contributed by atoms with E-state index in [9.17, 15) is 4.79 Å². The van der Waals surface area contributed by atoms with Crippen molar-refractivity contribution in [3.63, 3.8) is 0 Å². The quantitative estimate of drug-likeness (QED) is 0.835. The monoisotopic (exact) mass is 323 g/mol. The lowest BCUT2D eigenvalue weighted by Crippen LogP contribution is -2.59. The highest BCUT2D eigenvalue weighted by Gasteiger charge is 2.45. The first-order valence-corrected chi connectivity index (χ1v) is 9.54. The van der Waals surface area contributed by atoms with Gasteiger partial charge in [-0.3, -0.25) is 9.69 Å². The number of rotatable bonds is 5. The van der Waals surface area contributed by atoms with Gasteiger partial charge in [0, 0.05) is 19.6 Å². The number of amides is 1. The number of likely N-dealkylation sites (tertiary alicyclic amines) is 1. The van der Waals surface area contributed by atoms with Gasteiger partial charge in [-0.25, -0.2) is 0 Å². The van der Waals surface area contributed by atoms with Crippen molar-refractivity contribution in [2.75, 3.05) is 46.4 Å². The second-order valence-corrected chi connectivity index (χ2v) is 7.59. The van der Waals surface area contributed by atoms with E-state index in [-0.39, 0.29) is 17.6 Å². The Labute approximate surface area is 140 Å². The minimum absolute atomic E-state index is 0.209. The third-order valence-electron chi connectivity index (χ3n) is 5.91. The van der Waals surface area contributed by atoms with Crippen molar-refractivity contribution in [1.29, 1.82) is 0 Å². The molecule has 2 heterocycles. The van der Waals surface area contributed by atoms with Gasteiger partial charge in [0.2, 0.25) is 5.91 Å². The number of ether oxygens (including phenoxy) is 1. The zero-order chi connectivity index (χ0) is 16.1. The first kappa shape index (κ1) is 17.2. The minimum atomic E-state index is -0.209. The van der Waals surface area contributed by atoms with Crippen LogP contribution >= 0.6 is 0 Å². The molecule has 132 valence electrons. The van der Waals surface area contributed by atoms with Gasteiger partial charge in [-0.05, 0) is 52.2 Å². The van der Waals surface area contributed by atoms with Gasteiger partial charge in [-0.15, -0.1) is 0 Å². The summed E-state index contributed by atoms with van der Waals surface area (Å²) < 4.78 is 5.80. The highest BCUT2D eigenvalue weighted by atomic mass is 16.5. The van der Waals surface area contributed by atoms with Crippen molar-refractivity contribution in [3.8, 4) is 0 Å². The summed E-state index contributed by atoms with van der Waals surface area (Å²) in [7, 11) is 2.14. The van der Waals surface area contributed by atoms with Crippen molar-refractivity contribution in [1.82, 2.24) is 15.1 Å². The van der Waals surface area contributed by atoms with Crippen LogP contribution < -0.4 is 5.32 Å². The zero-order valence-corrected chi connectivity index (χ0v) is 14.7. The number of nitrogens with zero attached hydrogens (tertiary/aromatic N) is 2. The van der Waals surface area contributed by atoms with Crippen LogP contribution in [0.1, 0.15) is 51.4 Å². The number of morpholine rings is 1. The largest absolute Gasteiger partial charge is 0.375 e. The standard InChI is InChI=1S/C18H33N3O2/c1-20-13-14-23-16(15-20)7-10-19-17(22)18(8-3-2-4-9-18)21-11-5-6-12-21/h16H,2-15H2,1H3,(H,19,22). The van der Waals surface area contributed by atoms with E-state index in [1.165, 1.54) is 32.1 Å². The SMILES string of the molecule is CN1CCOC(CCNC(=O)C2(N3CCCC3)CCCCC2)C1. The lowest BCUT2D eigenvalue weighted by atomic mass is 9.79. The smallest absolute Gasteiger partial charge is 0.240 e. The van der Waals surface area contributed by atoms with E-state index in [1.807, 2.05) is 0 Å². The highest BCUT2D eigenvalue weighted by Crippen LogP contribution is 2.36. The van der Waals surface area contributed by atoms with Crippen LogP contribution in [0.15, 0.2) is 0 Å². The Morgan fingerprint density at radius 2 is 1.87 bits per heavy atom. The van der Waals surface area contributed by atoms with E-state index >= 15 is 0 Å². The van der Waals surface area contributed by atoms with Crippen LogP contribution in [-0.4, -0.2) is 73.7 Å². The number of carbonyl (C=O) groups excluding carboxylic acids is 1. The predicted molar refractivity (Wildman–Crippen MR) is 91.5 cm³/mol. The summed E-state index contributed by atoms with van der Waals surface area (Å²) >= 11 is 0. The molecule has 3 aliphatic rings. The fourth-order valence-corrected chi connectivity index (χ4v) is 4.52. The molecule has 0 aromatic heterocycles. The average Bonchev–Trinajstić information content (AvgIpc) is 3.10. The Bertz CT molecular complexity index is 390. The summed E-state index contributed by atoms with van der Waals surface area (Å²) in [5, 5.41) is 3.25. The fourth-order valence-electron chi connectivity index (χ4n) is 4.52. The summed E-state index contributed by atoms with van der Waals surface area (Å²) in [6.45, 7) is 5.75. The Kier molecular flexibility index (Phi) is 5.94. The second-order valence-electron chi connectivity index (χ2n) is 7.59. The molecular weight excluding hydrogens is 290 g/mol. The summed E-state index contributed by atoms with van der Waals surface area (Å²) in [6, 6.07) is 0. The summed E-state index contributed by atoms with van der Waals surface area (Å²) in [5.74, 6) is 0.281. The van der Waals surface area contributed by atoms with Crippen LogP contribution in [0.4, 0.5) is 0 Å². The molecule has 0 bridgehead atoms. The van der Waals surface area contributed by atoms with E-state index in [1.54, 1.807) is 0 Å². The number of hydrogen-bond donors (Lipinski definition) is 1. The molecule has 2 aliphatic heterocycles. The molecule has 0 aromatic rings. The van der Waals surface area contributed by atoms with Gasteiger partial charge < -0.3 is 15.0 Å². The van der Waals surface area contributed by atoms with E-state index in [0.29, 0.717) is 0 Å². The van der Waals surface area contributed by atoms with Crippen molar-refractivity contribution in [3.05, 3.63) is 0 Å². The Morgan fingerprint density at radius 1 is 1.13 bits per heavy atom. The normalized spacial score (nSPS) is 29.5. The highest BCUT2D eigenvalue weighted by molar-refractivity contribution is 5.86. The lowest BCUT2D eigenvalue weighted by molar-refractivity contribution is -0.135. The second kappa shape index (κ2) is 7.95. The molecule has 3 rings (SSSR count). The van der Waals surface area contributed by atoms with Gasteiger partial charge in [-0.2, -0.15) is 0 Å². The van der Waals surface area contributed by atoms with Crippen molar-refractivity contribution >= 4 is 5.91 Å². The van der Waals surface area contributed by atoms with Crippen molar-refractivity contribution in [2.24, 2.45) is 0 Å². The lowest BCUT2D eigenvalue weighted by Gasteiger charge is -2.43. The van der Waals surface area contributed by atoms with Crippen molar-refractivity contribution < 1.29 is 9.53 Å². The summed E-state index contributed by atoms with van der Waals surface area (Å²) in [4.78, 5) is 17.8. The molecule has 1 aliphatic carbocycles. The van der Waals surface area contributed by atoms with Gasteiger partial charge in [-0.1, -0.05) is 19.3 Å². The molecule has 0 radical (unpaired) electrons. The molecule has 23 heavy (non-hydrogen) atoms. The van der Waals surface area contributed by atoms with Crippen LogP contribution in [0, 0.1) is 0 Å². The van der Waals surface area contributed by atoms with Crippen LogP contribution in [-0.2, 0) is 9.53 Å². The first-order chi connectivity index (χ1) is 11.2. The number of carbonyl (C=O) groups is 1. The third kappa shape index (κ3) is 4.06. The fraction of sp³-hybridized carbons (Fsp3) is 0.944. The maximum Gasteiger partial charge on any atom is 0.240 e. The van der Waals surface area contributed by atoms with E-state index in [0.717, 1.165) is 58.6 Å². The van der Waals surface area contributed by atoms with Crippen LogP contribution in [0.3, 0.4) is 0 Å². The molecular formula is C18H33N3O2. The molecule has 1 amide bonds. The number of hydrogen-bond acceptors (Lipinski definition) is 4. The topological polar surface area (TPSA) is 44.8 Å². The van der Waals surface area contributed by atoms with E-state index in [4.69, 9.17) is 4.74 Å². The van der Waals surface area contributed by atoms with Gasteiger partial charge >= 0.3 is 0 Å². The summed E-state index contributed by atoms with van der Waals surface area (Å²) in [5.41, 5.74) is -0.209. The maximum atomic E-state index is 13.0. The molecule has 0 spiro atoms.